The lowest BCUT2D eigenvalue weighted by molar-refractivity contribution is 0.116. The second-order valence-electron chi connectivity index (χ2n) is 8.30. The summed E-state index contributed by atoms with van der Waals surface area (Å²) in [5.41, 5.74) is 0.641. The molecule has 114 valence electrons. The Morgan fingerprint density at radius 2 is 1.90 bits per heavy atom. The predicted octanol–water partition coefficient (Wildman–Crippen LogP) is 3.64. The van der Waals surface area contributed by atoms with Gasteiger partial charge in [-0.15, -0.1) is 0 Å². The van der Waals surface area contributed by atoms with Crippen molar-refractivity contribution < 1.29 is 4.79 Å². The van der Waals surface area contributed by atoms with Crippen molar-refractivity contribution in [3.05, 3.63) is 0 Å². The quantitative estimate of drug-likeness (QED) is 0.840. The molecule has 4 unspecified atom stereocenters. The van der Waals surface area contributed by atoms with E-state index < -0.39 is 0 Å². The minimum atomic E-state index is 0.138. The highest BCUT2D eigenvalue weighted by molar-refractivity contribution is 5.74. The lowest BCUT2D eigenvalue weighted by Gasteiger charge is -2.40. The summed E-state index contributed by atoms with van der Waals surface area (Å²) in [6.07, 6.45) is 6.34. The zero-order valence-corrected chi connectivity index (χ0v) is 13.7. The third-order valence-electron chi connectivity index (χ3n) is 7.33. The first-order valence-electron chi connectivity index (χ1n) is 8.30. The van der Waals surface area contributed by atoms with E-state index >= 15 is 0 Å². The van der Waals surface area contributed by atoms with Crippen molar-refractivity contribution in [3.63, 3.8) is 0 Å². The largest absolute Gasteiger partial charge is 0.335 e. The van der Waals surface area contributed by atoms with Gasteiger partial charge in [0.25, 0.3) is 0 Å². The molecule has 3 heteroatoms. The fourth-order valence-corrected chi connectivity index (χ4v) is 4.75. The fourth-order valence-electron chi connectivity index (χ4n) is 4.75. The van der Waals surface area contributed by atoms with Gasteiger partial charge >= 0.3 is 6.03 Å². The van der Waals surface area contributed by atoms with Crippen LogP contribution in [0.4, 0.5) is 4.79 Å². The molecule has 2 bridgehead atoms. The number of carbonyl (C=O) groups is 1. The van der Waals surface area contributed by atoms with Crippen LogP contribution in [0, 0.1) is 22.7 Å². The lowest BCUT2D eigenvalue weighted by Crippen LogP contribution is -2.52. The van der Waals surface area contributed by atoms with Crippen molar-refractivity contribution >= 4 is 6.03 Å². The highest BCUT2D eigenvalue weighted by atomic mass is 16.2. The maximum absolute atomic E-state index is 12.5. The number of hydrogen-bond acceptors (Lipinski definition) is 1. The molecule has 1 N–H and O–H groups in total. The molecule has 3 fully saturated rings. The molecule has 3 rings (SSSR count). The van der Waals surface area contributed by atoms with Crippen molar-refractivity contribution in [2.75, 3.05) is 7.05 Å². The first-order chi connectivity index (χ1) is 9.27. The number of hydrogen-bond donors (Lipinski definition) is 1. The summed E-state index contributed by atoms with van der Waals surface area (Å²) in [4.78, 5) is 14.4. The van der Waals surface area contributed by atoms with Crippen LogP contribution in [0.3, 0.4) is 0 Å². The second kappa shape index (κ2) is 4.38. The molecule has 3 saturated carbocycles. The van der Waals surface area contributed by atoms with Crippen molar-refractivity contribution in [3.8, 4) is 0 Å². The average Bonchev–Trinajstić information content (AvgIpc) is 3.18. The van der Waals surface area contributed by atoms with Crippen LogP contribution in [-0.4, -0.2) is 30.1 Å². The van der Waals surface area contributed by atoms with Gasteiger partial charge < -0.3 is 10.2 Å². The zero-order valence-electron chi connectivity index (χ0n) is 13.7. The monoisotopic (exact) mass is 278 g/mol. The van der Waals surface area contributed by atoms with Crippen molar-refractivity contribution in [2.45, 2.75) is 71.9 Å². The molecule has 0 aliphatic heterocycles. The van der Waals surface area contributed by atoms with Gasteiger partial charge in [0.15, 0.2) is 0 Å². The van der Waals surface area contributed by atoms with Crippen LogP contribution in [0.2, 0.25) is 0 Å². The Morgan fingerprint density at radius 1 is 1.25 bits per heavy atom. The van der Waals surface area contributed by atoms with E-state index in [1.54, 1.807) is 0 Å². The van der Waals surface area contributed by atoms with Gasteiger partial charge in [0.1, 0.15) is 0 Å². The number of nitrogens with zero attached hydrogens (tertiary/aromatic N) is 1. The van der Waals surface area contributed by atoms with Gasteiger partial charge in [0.05, 0.1) is 0 Å². The molecule has 3 aliphatic carbocycles. The normalized spacial score (nSPS) is 39.6. The summed E-state index contributed by atoms with van der Waals surface area (Å²) < 4.78 is 0. The molecule has 3 aliphatic rings. The minimum absolute atomic E-state index is 0.138. The van der Waals surface area contributed by atoms with Gasteiger partial charge in [-0.2, -0.15) is 0 Å². The van der Waals surface area contributed by atoms with Gasteiger partial charge in [0.2, 0.25) is 0 Å². The molecule has 0 aromatic carbocycles. The van der Waals surface area contributed by atoms with E-state index in [-0.39, 0.29) is 11.4 Å². The Kier molecular flexibility index (Phi) is 3.11. The molecule has 0 spiro atoms. The third kappa shape index (κ3) is 1.88. The summed E-state index contributed by atoms with van der Waals surface area (Å²) in [5.74, 6) is 1.52. The molecule has 0 heterocycles. The topological polar surface area (TPSA) is 32.3 Å². The number of fused-ring (bicyclic) bond motifs is 2. The van der Waals surface area contributed by atoms with Crippen LogP contribution < -0.4 is 5.32 Å². The molecular formula is C17H30N2O. The van der Waals surface area contributed by atoms with E-state index in [0.717, 1.165) is 11.8 Å². The van der Waals surface area contributed by atoms with E-state index in [1.165, 1.54) is 32.1 Å². The Labute approximate surface area is 123 Å². The molecule has 20 heavy (non-hydrogen) atoms. The number of amides is 2. The van der Waals surface area contributed by atoms with Crippen LogP contribution in [0.15, 0.2) is 0 Å². The van der Waals surface area contributed by atoms with Crippen LogP contribution in [-0.2, 0) is 0 Å². The molecule has 0 aromatic rings. The summed E-state index contributed by atoms with van der Waals surface area (Å²) in [6.45, 7) is 9.36. The molecule has 0 radical (unpaired) electrons. The summed E-state index contributed by atoms with van der Waals surface area (Å²) in [6, 6.07) is 0.881. The number of rotatable bonds is 3. The Morgan fingerprint density at radius 3 is 2.35 bits per heavy atom. The van der Waals surface area contributed by atoms with Crippen molar-refractivity contribution in [1.82, 2.24) is 10.2 Å². The van der Waals surface area contributed by atoms with Crippen molar-refractivity contribution in [1.29, 1.82) is 0 Å². The summed E-state index contributed by atoms with van der Waals surface area (Å²) in [7, 11) is 1.96. The summed E-state index contributed by atoms with van der Waals surface area (Å²) in [5, 5.41) is 3.36. The van der Waals surface area contributed by atoms with E-state index in [4.69, 9.17) is 0 Å². The molecular weight excluding hydrogens is 248 g/mol. The van der Waals surface area contributed by atoms with Gasteiger partial charge in [0, 0.05) is 19.1 Å². The van der Waals surface area contributed by atoms with E-state index in [1.807, 2.05) is 11.9 Å². The fraction of sp³-hybridized carbons (Fsp3) is 0.941. The molecule has 2 amide bonds. The van der Waals surface area contributed by atoms with Gasteiger partial charge in [-0.25, -0.2) is 4.79 Å². The van der Waals surface area contributed by atoms with Crippen LogP contribution in [0.25, 0.3) is 0 Å². The maximum Gasteiger partial charge on any atom is 0.317 e. The molecule has 3 nitrogen and oxygen atoms in total. The average molecular weight is 278 g/mol. The molecule has 0 aromatic heterocycles. The minimum Gasteiger partial charge on any atom is -0.335 e. The second-order valence-corrected chi connectivity index (χ2v) is 8.30. The van der Waals surface area contributed by atoms with Crippen LogP contribution in [0.1, 0.15) is 59.8 Å². The van der Waals surface area contributed by atoms with E-state index in [9.17, 15) is 4.79 Å². The third-order valence-corrected chi connectivity index (χ3v) is 7.33. The highest BCUT2D eigenvalue weighted by Crippen LogP contribution is 2.65. The smallest absolute Gasteiger partial charge is 0.317 e. The first-order valence-corrected chi connectivity index (χ1v) is 8.30. The number of carbonyl (C=O) groups excluding carboxylic acids is 1. The van der Waals surface area contributed by atoms with Crippen LogP contribution in [0.5, 0.6) is 0 Å². The standard InChI is InChI=1S/C17H30N2O/c1-11(12-6-7-12)19(5)15(20)18-14-10-13-8-9-17(14,4)16(13,2)3/h11-14H,6-10H2,1-5H3,(H,18,20). The Bertz CT molecular complexity index is 415. The highest BCUT2D eigenvalue weighted by Gasteiger charge is 2.61. The Balaban J connectivity index is 1.65. The van der Waals surface area contributed by atoms with Gasteiger partial charge in [-0.3, -0.25) is 0 Å². The zero-order chi connectivity index (χ0) is 14.7. The van der Waals surface area contributed by atoms with Crippen molar-refractivity contribution in [2.24, 2.45) is 22.7 Å². The number of urea groups is 1. The van der Waals surface area contributed by atoms with Gasteiger partial charge in [-0.05, 0) is 61.7 Å². The van der Waals surface area contributed by atoms with Gasteiger partial charge in [-0.1, -0.05) is 20.8 Å². The number of nitrogens with one attached hydrogen (secondary N) is 1. The van der Waals surface area contributed by atoms with Crippen LogP contribution >= 0.6 is 0 Å². The Hall–Kier alpha value is -0.730. The van der Waals surface area contributed by atoms with E-state index in [0.29, 0.717) is 17.5 Å². The maximum atomic E-state index is 12.5. The first kappa shape index (κ1) is 14.2. The SMILES string of the molecule is CC(C1CC1)N(C)C(=O)NC1CC2CCC1(C)C2(C)C. The molecule has 4 atom stereocenters. The summed E-state index contributed by atoms with van der Waals surface area (Å²) >= 11 is 0. The molecule has 0 saturated heterocycles. The predicted molar refractivity (Wildman–Crippen MR) is 81.5 cm³/mol. The van der Waals surface area contributed by atoms with E-state index in [2.05, 4.69) is 33.0 Å². The lowest BCUT2D eigenvalue weighted by atomic mass is 9.69.